The largest absolute Gasteiger partial charge is 0.497 e. The zero-order chi connectivity index (χ0) is 17.8. The van der Waals surface area contributed by atoms with E-state index in [0.717, 1.165) is 28.4 Å². The number of aromatic nitrogens is 1. The van der Waals surface area contributed by atoms with Crippen LogP contribution in [0.2, 0.25) is 0 Å². The van der Waals surface area contributed by atoms with Crippen molar-refractivity contribution in [3.05, 3.63) is 75.1 Å². The van der Waals surface area contributed by atoms with Crippen LogP contribution in [0.1, 0.15) is 17.0 Å². The van der Waals surface area contributed by atoms with E-state index in [1.807, 2.05) is 42.6 Å². The molecule has 1 aromatic heterocycles. The molecule has 1 N–H and O–H groups in total. The fourth-order valence-corrected chi connectivity index (χ4v) is 3.11. The van der Waals surface area contributed by atoms with Gasteiger partial charge in [-0.2, -0.15) is 5.10 Å². The van der Waals surface area contributed by atoms with Crippen LogP contribution in [-0.2, 0) is 0 Å². The average molecular weight is 445 g/mol. The van der Waals surface area contributed by atoms with Crippen LogP contribution in [0.15, 0.2) is 59.7 Å². The van der Waals surface area contributed by atoms with Crippen LogP contribution in [0.3, 0.4) is 0 Å². The third-order valence-electron chi connectivity index (χ3n) is 4.04. The number of ether oxygens (including phenoxy) is 1. The molecule has 5 heteroatoms. The molecule has 128 valence electrons. The normalized spacial score (nSPS) is 11.0. The molecular formula is C20H20IN3O. The third-order valence-corrected chi connectivity index (χ3v) is 4.76. The molecule has 3 aromatic rings. The van der Waals surface area contributed by atoms with Crippen LogP contribution >= 0.6 is 22.6 Å². The van der Waals surface area contributed by atoms with Gasteiger partial charge in [0, 0.05) is 26.2 Å². The van der Waals surface area contributed by atoms with E-state index in [1.54, 1.807) is 7.11 Å². The Kier molecular flexibility index (Phi) is 5.43. The van der Waals surface area contributed by atoms with Crippen molar-refractivity contribution in [3.8, 4) is 11.4 Å². The molecule has 0 saturated heterocycles. The minimum atomic E-state index is 0.856. The van der Waals surface area contributed by atoms with Gasteiger partial charge in [0.2, 0.25) is 0 Å². The first-order chi connectivity index (χ1) is 12.1. The Bertz CT molecular complexity index is 881. The Labute approximate surface area is 161 Å². The highest BCUT2D eigenvalue weighted by Crippen LogP contribution is 2.22. The van der Waals surface area contributed by atoms with Crippen LogP contribution in [0.4, 0.5) is 5.69 Å². The summed E-state index contributed by atoms with van der Waals surface area (Å²) in [5, 5.41) is 4.37. The van der Waals surface area contributed by atoms with Crippen molar-refractivity contribution in [1.29, 1.82) is 0 Å². The third kappa shape index (κ3) is 4.04. The molecule has 1 heterocycles. The van der Waals surface area contributed by atoms with Gasteiger partial charge in [-0.05, 0) is 91.0 Å². The van der Waals surface area contributed by atoms with Crippen molar-refractivity contribution in [1.82, 2.24) is 4.57 Å². The lowest BCUT2D eigenvalue weighted by Gasteiger charge is -2.10. The SMILES string of the molecule is COc1ccc(-n2c(C)cc(/C=N/Nc3ccc(I)cc3)c2C)cc1. The number of anilines is 1. The van der Waals surface area contributed by atoms with Gasteiger partial charge < -0.3 is 9.30 Å². The van der Waals surface area contributed by atoms with Gasteiger partial charge in [-0.25, -0.2) is 0 Å². The smallest absolute Gasteiger partial charge is 0.119 e. The fraction of sp³-hybridized carbons (Fsp3) is 0.150. The first-order valence-electron chi connectivity index (χ1n) is 7.96. The molecule has 0 spiro atoms. The van der Waals surface area contributed by atoms with Gasteiger partial charge in [0.25, 0.3) is 0 Å². The van der Waals surface area contributed by atoms with Crippen LogP contribution in [-0.4, -0.2) is 17.9 Å². The van der Waals surface area contributed by atoms with E-state index >= 15 is 0 Å². The molecule has 0 radical (unpaired) electrons. The summed E-state index contributed by atoms with van der Waals surface area (Å²) in [6, 6.07) is 18.3. The van der Waals surface area contributed by atoms with Gasteiger partial charge in [-0.3, -0.25) is 5.43 Å². The predicted molar refractivity (Wildman–Crippen MR) is 112 cm³/mol. The molecule has 2 aromatic carbocycles. The minimum Gasteiger partial charge on any atom is -0.497 e. The van der Waals surface area contributed by atoms with Crippen molar-refractivity contribution in [2.24, 2.45) is 5.10 Å². The molecule has 4 nitrogen and oxygen atoms in total. The molecule has 0 aliphatic rings. The summed E-state index contributed by atoms with van der Waals surface area (Å²) in [5.41, 5.74) is 8.56. The molecular weight excluding hydrogens is 425 g/mol. The lowest BCUT2D eigenvalue weighted by molar-refractivity contribution is 0.414. The van der Waals surface area contributed by atoms with Crippen LogP contribution in [0.5, 0.6) is 5.75 Å². The highest BCUT2D eigenvalue weighted by molar-refractivity contribution is 14.1. The number of nitrogens with zero attached hydrogens (tertiary/aromatic N) is 2. The van der Waals surface area contributed by atoms with E-state index in [4.69, 9.17) is 4.74 Å². The van der Waals surface area contributed by atoms with E-state index in [2.05, 4.69) is 69.7 Å². The second-order valence-corrected chi connectivity index (χ2v) is 6.98. The van der Waals surface area contributed by atoms with Crippen molar-refractivity contribution in [2.45, 2.75) is 13.8 Å². The first-order valence-corrected chi connectivity index (χ1v) is 9.04. The van der Waals surface area contributed by atoms with E-state index < -0.39 is 0 Å². The van der Waals surface area contributed by atoms with Crippen molar-refractivity contribution >= 4 is 34.5 Å². The maximum absolute atomic E-state index is 5.23. The number of nitrogens with one attached hydrogen (secondary N) is 1. The molecule has 25 heavy (non-hydrogen) atoms. The quantitative estimate of drug-likeness (QED) is 0.335. The summed E-state index contributed by atoms with van der Waals surface area (Å²) in [6.45, 7) is 4.20. The second-order valence-electron chi connectivity index (χ2n) is 5.74. The van der Waals surface area contributed by atoms with Gasteiger partial charge in [-0.15, -0.1) is 0 Å². The van der Waals surface area contributed by atoms with Crippen LogP contribution in [0.25, 0.3) is 5.69 Å². The van der Waals surface area contributed by atoms with Crippen molar-refractivity contribution in [2.75, 3.05) is 12.5 Å². The lowest BCUT2D eigenvalue weighted by atomic mass is 10.2. The monoisotopic (exact) mass is 445 g/mol. The number of benzene rings is 2. The molecule has 0 aliphatic heterocycles. The summed E-state index contributed by atoms with van der Waals surface area (Å²) in [5.74, 6) is 0.856. The maximum Gasteiger partial charge on any atom is 0.119 e. The molecule has 0 atom stereocenters. The molecule has 0 saturated carbocycles. The molecule has 0 fully saturated rings. The van der Waals surface area contributed by atoms with Crippen molar-refractivity contribution < 1.29 is 4.74 Å². The van der Waals surface area contributed by atoms with Gasteiger partial charge in [0.05, 0.1) is 19.0 Å². The number of methoxy groups -OCH3 is 1. The number of hydrazone groups is 1. The fourth-order valence-electron chi connectivity index (χ4n) is 2.75. The predicted octanol–water partition coefficient (Wildman–Crippen LogP) is 5.15. The molecule has 0 unspecified atom stereocenters. The van der Waals surface area contributed by atoms with E-state index in [-0.39, 0.29) is 0 Å². The average Bonchev–Trinajstić information content (AvgIpc) is 2.90. The number of rotatable bonds is 5. The zero-order valence-electron chi connectivity index (χ0n) is 14.5. The Balaban J connectivity index is 1.81. The summed E-state index contributed by atoms with van der Waals surface area (Å²) in [6.07, 6.45) is 1.86. The van der Waals surface area contributed by atoms with Gasteiger partial charge >= 0.3 is 0 Å². The highest BCUT2D eigenvalue weighted by atomic mass is 127. The van der Waals surface area contributed by atoms with E-state index in [9.17, 15) is 0 Å². The number of hydrogen-bond acceptors (Lipinski definition) is 3. The van der Waals surface area contributed by atoms with Gasteiger partial charge in [-0.1, -0.05) is 0 Å². The van der Waals surface area contributed by atoms with E-state index in [0.29, 0.717) is 0 Å². The Morgan fingerprint density at radius 2 is 1.72 bits per heavy atom. The standard InChI is InChI=1S/C20H20IN3O/c1-14-12-16(13-22-23-18-6-4-17(21)5-7-18)15(2)24(14)19-8-10-20(25-3)11-9-19/h4-13,23H,1-3H3/b22-13+. The minimum absolute atomic E-state index is 0.856. The Hall–Kier alpha value is -2.28. The Morgan fingerprint density at radius 3 is 2.36 bits per heavy atom. The van der Waals surface area contributed by atoms with E-state index in [1.165, 1.54) is 9.26 Å². The number of aryl methyl sites for hydroxylation is 1. The number of hydrogen-bond donors (Lipinski definition) is 1. The molecule has 0 aliphatic carbocycles. The maximum atomic E-state index is 5.23. The van der Waals surface area contributed by atoms with Crippen LogP contribution in [0, 0.1) is 17.4 Å². The van der Waals surface area contributed by atoms with Gasteiger partial charge in [0.15, 0.2) is 0 Å². The molecule has 3 rings (SSSR count). The topological polar surface area (TPSA) is 38.5 Å². The molecule has 0 bridgehead atoms. The summed E-state index contributed by atoms with van der Waals surface area (Å²) >= 11 is 2.29. The summed E-state index contributed by atoms with van der Waals surface area (Å²) < 4.78 is 8.65. The zero-order valence-corrected chi connectivity index (χ0v) is 16.6. The van der Waals surface area contributed by atoms with Crippen molar-refractivity contribution in [3.63, 3.8) is 0 Å². The van der Waals surface area contributed by atoms with Crippen LogP contribution < -0.4 is 10.2 Å². The molecule has 0 amide bonds. The van der Waals surface area contributed by atoms with Gasteiger partial charge in [0.1, 0.15) is 5.75 Å². The Morgan fingerprint density at radius 1 is 1.04 bits per heavy atom. The second kappa shape index (κ2) is 7.74. The highest BCUT2D eigenvalue weighted by Gasteiger charge is 2.09. The summed E-state index contributed by atoms with van der Waals surface area (Å²) in [7, 11) is 1.68. The first kappa shape index (κ1) is 17.5. The summed E-state index contributed by atoms with van der Waals surface area (Å²) in [4.78, 5) is 0. The number of halogens is 1. The lowest BCUT2D eigenvalue weighted by Crippen LogP contribution is -2.00.